The second-order valence-electron chi connectivity index (χ2n) is 19.1. The van der Waals surface area contributed by atoms with E-state index in [1.807, 2.05) is 36.7 Å². The molecular formula is C53H62ClN17O7. The number of ketones is 1. The highest BCUT2D eigenvalue weighted by molar-refractivity contribution is 6.34. The van der Waals surface area contributed by atoms with E-state index >= 15 is 0 Å². The number of carbonyl (C=O) groups excluding carboxylic acids is 3. The number of nitrogen functional groups attached to an aromatic ring is 1. The molecule has 25 heteroatoms. The second-order valence-corrected chi connectivity index (χ2v) is 19.5. The van der Waals surface area contributed by atoms with E-state index in [-0.39, 0.29) is 91.2 Å². The summed E-state index contributed by atoms with van der Waals surface area (Å²) in [5, 5.41) is 18.3. The first kappa shape index (κ1) is 54.7. The largest absolute Gasteiger partial charge is 0.496 e. The third-order valence-corrected chi connectivity index (χ3v) is 14.1. The number of hydrogen-bond donors (Lipinski definition) is 4. The van der Waals surface area contributed by atoms with Gasteiger partial charge < -0.3 is 45.4 Å². The summed E-state index contributed by atoms with van der Waals surface area (Å²) in [5.74, 6) is 7.21. The fraction of sp³-hybridized carbons (Fsp3) is 0.434. The number of halogens is 1. The minimum absolute atomic E-state index is 0.0144. The standard InChI is InChI=1S/C53H62ClN17O7/c1-32-24-57-40(34(3)46(32)76-5)28-69-27-36(45-47(54)62-52(55)63-49(45)69)10-8-9-16-70-29-41(65-66-70)50(74)56-15-21-77-22-23-78-31-60-43(73)30-67-17-19-68(20-18-67)38-13-14-42(58-25-38)61-53-59-26-39-33(2)44(35(4)72)51(75)71(48(39)64-53)37-11-6-7-12-37/h13-14,24-27,29,37H,6-7,9,11-12,15-23,28,30-31H2,1-5H3,(H,56,74)(H,60,73)(H2,55,62,63)(H,58,59,61,64). The quantitative estimate of drug-likeness (QED) is 0.0257. The molecule has 0 bridgehead atoms. The summed E-state index contributed by atoms with van der Waals surface area (Å²) in [4.78, 5) is 82.9. The van der Waals surface area contributed by atoms with Crippen molar-refractivity contribution in [1.29, 1.82) is 0 Å². The maximum absolute atomic E-state index is 13.6. The van der Waals surface area contributed by atoms with Crippen LogP contribution < -0.4 is 36.9 Å². The Morgan fingerprint density at radius 1 is 0.897 bits per heavy atom. The number of hydrogen-bond acceptors (Lipinski definition) is 19. The van der Waals surface area contributed by atoms with Gasteiger partial charge in [-0.05, 0) is 58.2 Å². The van der Waals surface area contributed by atoms with Crippen molar-refractivity contribution in [1.82, 2.24) is 69.6 Å². The van der Waals surface area contributed by atoms with Crippen molar-refractivity contribution in [2.24, 2.45) is 0 Å². The van der Waals surface area contributed by atoms with Crippen LogP contribution in [0.3, 0.4) is 0 Å². The van der Waals surface area contributed by atoms with Crippen LogP contribution in [0, 0.1) is 32.6 Å². The van der Waals surface area contributed by atoms with Crippen LogP contribution in [0.4, 0.5) is 23.4 Å². The highest BCUT2D eigenvalue weighted by atomic mass is 35.5. The van der Waals surface area contributed by atoms with E-state index in [0.717, 1.165) is 53.9 Å². The highest BCUT2D eigenvalue weighted by Crippen LogP contribution is 2.33. The second kappa shape index (κ2) is 24.9. The van der Waals surface area contributed by atoms with E-state index in [2.05, 4.69) is 72.8 Å². The van der Waals surface area contributed by atoms with Gasteiger partial charge in [-0.3, -0.25) is 38.3 Å². The number of nitrogens with zero attached hydrogens (tertiary/aromatic N) is 13. The van der Waals surface area contributed by atoms with Gasteiger partial charge >= 0.3 is 0 Å². The normalized spacial score (nSPS) is 13.9. The number of pyridine rings is 3. The number of rotatable bonds is 21. The molecule has 408 valence electrons. The van der Waals surface area contributed by atoms with E-state index in [0.29, 0.717) is 90.6 Å². The van der Waals surface area contributed by atoms with Crippen molar-refractivity contribution < 1.29 is 28.6 Å². The number of methoxy groups -OCH3 is 1. The predicted molar refractivity (Wildman–Crippen MR) is 292 cm³/mol. The molecule has 1 aliphatic carbocycles. The number of piperazine rings is 1. The van der Waals surface area contributed by atoms with Crippen LogP contribution in [0.15, 0.2) is 47.9 Å². The van der Waals surface area contributed by atoms with Crippen molar-refractivity contribution in [3.63, 3.8) is 0 Å². The summed E-state index contributed by atoms with van der Waals surface area (Å²) >= 11 is 6.55. The number of aromatic nitrogens is 11. The zero-order valence-corrected chi connectivity index (χ0v) is 45.0. The summed E-state index contributed by atoms with van der Waals surface area (Å²) in [6.45, 7) is 12.0. The predicted octanol–water partition coefficient (Wildman–Crippen LogP) is 4.30. The van der Waals surface area contributed by atoms with E-state index < -0.39 is 0 Å². The Bertz CT molecular complexity index is 3460. The molecule has 1 saturated heterocycles. The number of anilines is 4. The minimum Gasteiger partial charge on any atom is -0.496 e. The fourth-order valence-corrected chi connectivity index (χ4v) is 10.1. The number of amides is 2. The first-order chi connectivity index (χ1) is 37.8. The van der Waals surface area contributed by atoms with Gasteiger partial charge in [-0.2, -0.15) is 9.97 Å². The number of fused-ring (bicyclic) bond motifs is 2. The number of carbonyl (C=O) groups is 3. The van der Waals surface area contributed by atoms with Crippen LogP contribution in [0.5, 0.6) is 5.75 Å². The number of nitrogens with two attached hydrogens (primary N) is 1. The molecule has 5 N–H and O–H groups in total. The van der Waals surface area contributed by atoms with Gasteiger partial charge in [0, 0.05) is 80.3 Å². The zero-order chi connectivity index (χ0) is 54.9. The van der Waals surface area contributed by atoms with Crippen LogP contribution in [-0.4, -0.2) is 149 Å². The molecule has 9 rings (SSSR count). The lowest BCUT2D eigenvalue weighted by Crippen LogP contribution is -2.49. The molecular weight excluding hydrogens is 1020 g/mol. The number of ether oxygens (including phenoxy) is 3. The Balaban J connectivity index is 0.638. The molecule has 7 aromatic rings. The van der Waals surface area contributed by atoms with Gasteiger partial charge in [0.1, 0.15) is 34.7 Å². The summed E-state index contributed by atoms with van der Waals surface area (Å²) in [5.41, 5.74) is 11.9. The third kappa shape index (κ3) is 12.7. The lowest BCUT2D eigenvalue weighted by Gasteiger charge is -2.35. The molecule has 1 saturated carbocycles. The van der Waals surface area contributed by atoms with E-state index in [4.69, 9.17) is 36.5 Å². The van der Waals surface area contributed by atoms with Gasteiger partial charge in [-0.15, -0.1) is 5.10 Å². The topological polar surface area (TPSA) is 282 Å². The molecule has 8 heterocycles. The molecule has 0 unspecified atom stereocenters. The molecule has 24 nitrogen and oxygen atoms in total. The maximum Gasteiger partial charge on any atom is 0.273 e. The minimum atomic E-state index is -0.390. The number of aryl methyl sites for hydroxylation is 3. The van der Waals surface area contributed by atoms with Gasteiger partial charge in [0.15, 0.2) is 11.5 Å². The van der Waals surface area contributed by atoms with E-state index in [9.17, 15) is 19.2 Å². The number of Topliss-reactive ketones (excluding diaryl/α,β-unsaturated/α-hetero) is 1. The Hall–Kier alpha value is -8.11. The molecule has 0 spiro atoms. The summed E-state index contributed by atoms with van der Waals surface area (Å²) in [7, 11) is 1.63. The smallest absolute Gasteiger partial charge is 0.273 e. The van der Waals surface area contributed by atoms with Crippen molar-refractivity contribution >= 4 is 74.7 Å². The number of nitrogens with one attached hydrogen (secondary N) is 3. The fourth-order valence-electron chi connectivity index (χ4n) is 9.85. The zero-order valence-electron chi connectivity index (χ0n) is 44.3. The van der Waals surface area contributed by atoms with Crippen molar-refractivity contribution in [2.45, 2.75) is 78.9 Å². The summed E-state index contributed by atoms with van der Waals surface area (Å²) in [6.07, 6.45) is 12.8. The molecule has 2 fully saturated rings. The summed E-state index contributed by atoms with van der Waals surface area (Å²) < 4.78 is 21.9. The SMILES string of the molecule is COc1c(C)cnc(Cn2cc(C#CCCn3cc(C(=O)NCCOCCOCNC(=O)CN4CCN(c5ccc(Nc6ncc7c(C)c(C(C)=O)c(=O)n(C8CCCC8)c7n6)nc5)CC4)nn3)c3c(Cl)nc(N)nc32)c1C. The molecule has 7 aromatic heterocycles. The van der Waals surface area contributed by atoms with Gasteiger partial charge in [0.2, 0.25) is 17.8 Å². The van der Waals surface area contributed by atoms with Crippen molar-refractivity contribution in [3.05, 3.63) is 97.8 Å². The van der Waals surface area contributed by atoms with Gasteiger partial charge in [0.05, 0.1) is 86.9 Å². The van der Waals surface area contributed by atoms with Gasteiger partial charge in [-0.1, -0.05) is 41.5 Å². The summed E-state index contributed by atoms with van der Waals surface area (Å²) in [6, 6.07) is 3.82. The third-order valence-electron chi connectivity index (χ3n) is 13.8. The molecule has 0 radical (unpaired) electrons. The van der Waals surface area contributed by atoms with Crippen molar-refractivity contribution in [3.8, 4) is 17.6 Å². The van der Waals surface area contributed by atoms with E-state index in [1.54, 1.807) is 48.1 Å². The lowest BCUT2D eigenvalue weighted by atomic mass is 10.0. The van der Waals surface area contributed by atoms with Gasteiger partial charge in [-0.25, -0.2) is 15.0 Å². The molecule has 1 aliphatic heterocycles. The van der Waals surface area contributed by atoms with Gasteiger partial charge in [0.25, 0.3) is 11.5 Å². The molecule has 2 aliphatic rings. The van der Waals surface area contributed by atoms with Crippen LogP contribution in [0.25, 0.3) is 22.1 Å². The van der Waals surface area contributed by atoms with Crippen LogP contribution >= 0.6 is 11.6 Å². The molecule has 78 heavy (non-hydrogen) atoms. The van der Waals surface area contributed by atoms with Crippen molar-refractivity contribution in [2.75, 3.05) is 88.9 Å². The average Bonchev–Trinajstić information content (AvgIpc) is 4.36. The first-order valence-corrected chi connectivity index (χ1v) is 26.2. The Labute approximate surface area is 454 Å². The average molecular weight is 1080 g/mol. The van der Waals surface area contributed by atoms with Crippen LogP contribution in [-0.2, 0) is 27.4 Å². The first-order valence-electron chi connectivity index (χ1n) is 25.8. The molecule has 0 aromatic carbocycles. The monoisotopic (exact) mass is 1080 g/mol. The Morgan fingerprint density at radius 3 is 2.45 bits per heavy atom. The highest BCUT2D eigenvalue weighted by Gasteiger charge is 2.27. The maximum atomic E-state index is 13.6. The molecule has 0 atom stereocenters. The Morgan fingerprint density at radius 2 is 1.69 bits per heavy atom. The van der Waals surface area contributed by atoms with Crippen LogP contribution in [0.1, 0.15) is 93.9 Å². The Kier molecular flexibility index (Phi) is 17.5. The van der Waals surface area contributed by atoms with Crippen LogP contribution in [0.2, 0.25) is 5.15 Å². The lowest BCUT2D eigenvalue weighted by molar-refractivity contribution is -0.124. The van der Waals surface area contributed by atoms with E-state index in [1.165, 1.54) is 6.92 Å². The molecule has 2 amide bonds.